The Morgan fingerprint density at radius 3 is 3.00 bits per heavy atom. The summed E-state index contributed by atoms with van der Waals surface area (Å²) in [6.45, 7) is 3.08. The summed E-state index contributed by atoms with van der Waals surface area (Å²) in [4.78, 5) is 13.9. The van der Waals surface area contributed by atoms with E-state index in [1.54, 1.807) is 0 Å². The molecule has 1 amide bonds. The molecule has 2 aliphatic heterocycles. The van der Waals surface area contributed by atoms with Crippen molar-refractivity contribution in [1.82, 2.24) is 4.90 Å². The Balaban J connectivity index is 1.88. The zero-order valence-electron chi connectivity index (χ0n) is 9.02. The Kier molecular flexibility index (Phi) is 3.59. The van der Waals surface area contributed by atoms with Crippen LogP contribution < -0.4 is 0 Å². The molecule has 2 heterocycles. The van der Waals surface area contributed by atoms with Crippen LogP contribution in [0.1, 0.15) is 19.3 Å². The molecule has 2 atom stereocenters. The normalized spacial score (nSPS) is 31.9. The van der Waals surface area contributed by atoms with Crippen LogP contribution in [-0.2, 0) is 9.53 Å². The highest BCUT2D eigenvalue weighted by molar-refractivity contribution is 5.79. The minimum atomic E-state index is 0.0717. The third-order valence-electron chi connectivity index (χ3n) is 3.37. The molecule has 0 bridgehead atoms. The fraction of sp³-hybridized carbons (Fsp3) is 0.909. The summed E-state index contributed by atoms with van der Waals surface area (Å²) in [6.07, 6.45) is 2.92. The molecular formula is C11H19NO3. The largest absolute Gasteiger partial charge is 0.396 e. The summed E-state index contributed by atoms with van der Waals surface area (Å²) in [5, 5.41) is 9.09. The van der Waals surface area contributed by atoms with Crippen molar-refractivity contribution in [2.75, 3.05) is 32.9 Å². The van der Waals surface area contributed by atoms with Crippen molar-refractivity contribution in [3.63, 3.8) is 0 Å². The molecule has 1 N–H and O–H groups in total. The van der Waals surface area contributed by atoms with Gasteiger partial charge in [-0.1, -0.05) is 0 Å². The highest BCUT2D eigenvalue weighted by atomic mass is 16.5. The minimum absolute atomic E-state index is 0.0717. The maximum Gasteiger partial charge on any atom is 0.228 e. The molecule has 2 rings (SSSR count). The van der Waals surface area contributed by atoms with Crippen LogP contribution in [0, 0.1) is 11.8 Å². The number of carbonyl (C=O) groups excluding carboxylic acids is 1. The Morgan fingerprint density at radius 1 is 1.47 bits per heavy atom. The average molecular weight is 213 g/mol. The minimum Gasteiger partial charge on any atom is -0.396 e. The number of aliphatic hydroxyl groups is 1. The molecule has 86 valence electrons. The van der Waals surface area contributed by atoms with Gasteiger partial charge in [0.25, 0.3) is 0 Å². The SMILES string of the molecule is O=C(C1CCOC1)N1CCCC(CO)C1. The van der Waals surface area contributed by atoms with Gasteiger partial charge < -0.3 is 14.7 Å². The van der Waals surface area contributed by atoms with Crippen LogP contribution in [0.3, 0.4) is 0 Å². The lowest BCUT2D eigenvalue weighted by Crippen LogP contribution is -2.44. The Bertz CT molecular complexity index is 226. The molecule has 0 saturated carbocycles. The van der Waals surface area contributed by atoms with Crippen LogP contribution in [-0.4, -0.2) is 48.8 Å². The Morgan fingerprint density at radius 2 is 2.33 bits per heavy atom. The molecule has 2 aliphatic rings. The molecule has 15 heavy (non-hydrogen) atoms. The summed E-state index contributed by atoms with van der Waals surface area (Å²) in [5.41, 5.74) is 0. The number of amides is 1. The number of hydrogen-bond donors (Lipinski definition) is 1. The summed E-state index contributed by atoms with van der Waals surface area (Å²) in [5.74, 6) is 0.582. The van der Waals surface area contributed by atoms with Crippen LogP contribution in [0.25, 0.3) is 0 Å². The van der Waals surface area contributed by atoms with Crippen LogP contribution >= 0.6 is 0 Å². The van der Waals surface area contributed by atoms with Gasteiger partial charge in [0.2, 0.25) is 5.91 Å². The van der Waals surface area contributed by atoms with Crippen molar-refractivity contribution in [2.24, 2.45) is 11.8 Å². The van der Waals surface area contributed by atoms with Gasteiger partial charge in [-0.2, -0.15) is 0 Å². The lowest BCUT2D eigenvalue weighted by Gasteiger charge is -2.33. The number of aliphatic hydroxyl groups excluding tert-OH is 1. The van der Waals surface area contributed by atoms with Crippen molar-refractivity contribution in [3.8, 4) is 0 Å². The standard InChI is InChI=1S/C11H19NO3/c13-7-9-2-1-4-12(6-9)11(14)10-3-5-15-8-10/h9-10,13H,1-8H2. The third-order valence-corrected chi connectivity index (χ3v) is 3.37. The summed E-state index contributed by atoms with van der Waals surface area (Å²) in [7, 11) is 0. The number of hydrogen-bond acceptors (Lipinski definition) is 3. The van der Waals surface area contributed by atoms with Crippen molar-refractivity contribution < 1.29 is 14.6 Å². The van der Waals surface area contributed by atoms with Gasteiger partial charge in [0.15, 0.2) is 0 Å². The number of carbonyl (C=O) groups is 1. The molecular weight excluding hydrogens is 194 g/mol. The van der Waals surface area contributed by atoms with Gasteiger partial charge in [-0.3, -0.25) is 4.79 Å². The van der Waals surface area contributed by atoms with E-state index < -0.39 is 0 Å². The van der Waals surface area contributed by atoms with Gasteiger partial charge in [0, 0.05) is 26.3 Å². The lowest BCUT2D eigenvalue weighted by atomic mass is 9.97. The first-order valence-corrected chi connectivity index (χ1v) is 5.78. The molecule has 0 aliphatic carbocycles. The number of piperidine rings is 1. The molecule has 4 nitrogen and oxygen atoms in total. The average Bonchev–Trinajstić information content (AvgIpc) is 2.81. The first-order valence-electron chi connectivity index (χ1n) is 5.78. The van der Waals surface area contributed by atoms with E-state index in [2.05, 4.69) is 0 Å². The zero-order chi connectivity index (χ0) is 10.7. The molecule has 0 spiro atoms. The van der Waals surface area contributed by atoms with Crippen molar-refractivity contribution >= 4 is 5.91 Å². The van der Waals surface area contributed by atoms with E-state index in [-0.39, 0.29) is 24.3 Å². The van der Waals surface area contributed by atoms with E-state index in [4.69, 9.17) is 9.84 Å². The molecule has 2 unspecified atom stereocenters. The van der Waals surface area contributed by atoms with E-state index >= 15 is 0 Å². The maximum absolute atomic E-state index is 12.0. The summed E-state index contributed by atoms with van der Waals surface area (Å²) >= 11 is 0. The quantitative estimate of drug-likeness (QED) is 0.715. The summed E-state index contributed by atoms with van der Waals surface area (Å²) < 4.78 is 5.23. The zero-order valence-corrected chi connectivity index (χ0v) is 9.02. The number of rotatable bonds is 2. The number of ether oxygens (including phenoxy) is 1. The molecule has 0 aromatic carbocycles. The Hall–Kier alpha value is -0.610. The second kappa shape index (κ2) is 4.94. The predicted molar refractivity (Wildman–Crippen MR) is 55.3 cm³/mol. The predicted octanol–water partition coefficient (Wildman–Crippen LogP) is 0.254. The molecule has 4 heteroatoms. The van der Waals surface area contributed by atoms with Gasteiger partial charge in [0.05, 0.1) is 12.5 Å². The van der Waals surface area contributed by atoms with Crippen LogP contribution in [0.15, 0.2) is 0 Å². The van der Waals surface area contributed by atoms with E-state index in [0.717, 1.165) is 32.4 Å². The van der Waals surface area contributed by atoms with Gasteiger partial charge in [0.1, 0.15) is 0 Å². The van der Waals surface area contributed by atoms with Crippen molar-refractivity contribution in [3.05, 3.63) is 0 Å². The lowest BCUT2D eigenvalue weighted by molar-refractivity contribution is -0.137. The monoisotopic (exact) mass is 213 g/mol. The number of likely N-dealkylation sites (tertiary alicyclic amines) is 1. The van der Waals surface area contributed by atoms with Gasteiger partial charge in [-0.15, -0.1) is 0 Å². The van der Waals surface area contributed by atoms with E-state index in [0.29, 0.717) is 13.2 Å². The summed E-state index contributed by atoms with van der Waals surface area (Å²) in [6, 6.07) is 0. The second-order valence-electron chi connectivity index (χ2n) is 4.54. The van der Waals surface area contributed by atoms with E-state index in [1.165, 1.54) is 0 Å². The van der Waals surface area contributed by atoms with Crippen LogP contribution in [0.2, 0.25) is 0 Å². The third kappa shape index (κ3) is 2.49. The van der Waals surface area contributed by atoms with Gasteiger partial charge in [-0.25, -0.2) is 0 Å². The highest BCUT2D eigenvalue weighted by Gasteiger charge is 2.30. The molecule has 0 radical (unpaired) electrons. The first kappa shape index (κ1) is 10.9. The van der Waals surface area contributed by atoms with E-state index in [9.17, 15) is 4.79 Å². The van der Waals surface area contributed by atoms with Crippen LogP contribution in [0.4, 0.5) is 0 Å². The molecule has 2 saturated heterocycles. The molecule has 0 aromatic heterocycles. The Labute approximate surface area is 90.2 Å². The van der Waals surface area contributed by atoms with Gasteiger partial charge in [-0.05, 0) is 25.2 Å². The maximum atomic E-state index is 12.0. The van der Waals surface area contributed by atoms with Gasteiger partial charge >= 0.3 is 0 Å². The van der Waals surface area contributed by atoms with E-state index in [1.807, 2.05) is 4.90 Å². The number of nitrogens with zero attached hydrogens (tertiary/aromatic N) is 1. The van der Waals surface area contributed by atoms with Crippen molar-refractivity contribution in [2.45, 2.75) is 19.3 Å². The first-order chi connectivity index (χ1) is 7.31. The fourth-order valence-electron chi connectivity index (χ4n) is 2.40. The second-order valence-corrected chi connectivity index (χ2v) is 4.54. The molecule has 2 fully saturated rings. The highest BCUT2D eigenvalue weighted by Crippen LogP contribution is 2.21. The topological polar surface area (TPSA) is 49.8 Å². The fourth-order valence-corrected chi connectivity index (χ4v) is 2.40. The van der Waals surface area contributed by atoms with Crippen LogP contribution in [0.5, 0.6) is 0 Å². The molecule has 0 aromatic rings. The van der Waals surface area contributed by atoms with Crippen molar-refractivity contribution in [1.29, 1.82) is 0 Å². The smallest absolute Gasteiger partial charge is 0.228 e.